The van der Waals surface area contributed by atoms with Crippen LogP contribution in [-0.4, -0.2) is 15.8 Å². The first-order valence-corrected chi connectivity index (χ1v) is 9.25. The predicted octanol–water partition coefficient (Wildman–Crippen LogP) is 5.36. The molecule has 0 radical (unpaired) electrons. The Hall–Kier alpha value is -2.55. The number of carbonyl (C=O) groups excluding carboxylic acids is 1. The molecule has 2 aromatic heterocycles. The van der Waals surface area contributed by atoms with Gasteiger partial charge in [0.15, 0.2) is 5.78 Å². The summed E-state index contributed by atoms with van der Waals surface area (Å²) in [5.74, 6) is 0.594. The van der Waals surface area contributed by atoms with E-state index in [9.17, 15) is 4.79 Å². The van der Waals surface area contributed by atoms with Crippen LogP contribution in [0.25, 0.3) is 12.2 Å². The van der Waals surface area contributed by atoms with Crippen LogP contribution in [0, 0.1) is 11.3 Å². The molecule has 1 atom stereocenters. The lowest BCUT2D eigenvalue weighted by Crippen LogP contribution is -2.30. The molecule has 3 heteroatoms. The normalized spacial score (nSPS) is 21.3. The average Bonchev–Trinajstić information content (AvgIpc) is 2.66. The Morgan fingerprint density at radius 1 is 1.00 bits per heavy atom. The molecule has 3 rings (SSSR count). The van der Waals surface area contributed by atoms with Crippen molar-refractivity contribution in [2.75, 3.05) is 0 Å². The number of hydrogen-bond acceptors (Lipinski definition) is 3. The molecule has 0 spiro atoms. The van der Waals surface area contributed by atoms with E-state index >= 15 is 0 Å². The number of carbonyl (C=O) groups is 1. The van der Waals surface area contributed by atoms with Crippen molar-refractivity contribution in [1.29, 1.82) is 0 Å². The highest BCUT2D eigenvalue weighted by Gasteiger charge is 2.36. The smallest absolute Gasteiger partial charge is 0.185 e. The summed E-state index contributed by atoms with van der Waals surface area (Å²) in [7, 11) is 0. The molecule has 2 aromatic rings. The monoisotopic (exact) mass is 346 g/mol. The van der Waals surface area contributed by atoms with Gasteiger partial charge < -0.3 is 0 Å². The maximum atomic E-state index is 13.1. The molecular weight excluding hydrogens is 320 g/mol. The number of aromatic nitrogens is 2. The predicted molar refractivity (Wildman–Crippen MR) is 106 cm³/mol. The molecule has 0 N–H and O–H groups in total. The van der Waals surface area contributed by atoms with Gasteiger partial charge in [-0.05, 0) is 59.6 Å². The molecule has 1 fully saturated rings. The third kappa shape index (κ3) is 4.16. The van der Waals surface area contributed by atoms with Crippen LogP contribution >= 0.6 is 0 Å². The van der Waals surface area contributed by atoms with Crippen LogP contribution in [0.3, 0.4) is 0 Å². The van der Waals surface area contributed by atoms with E-state index in [0.717, 1.165) is 41.5 Å². The summed E-state index contributed by atoms with van der Waals surface area (Å²) in [4.78, 5) is 21.5. The number of allylic oxidation sites excluding steroid dienone is 2. The van der Waals surface area contributed by atoms with Gasteiger partial charge in [0.05, 0.1) is 0 Å². The van der Waals surface area contributed by atoms with E-state index in [1.807, 2.05) is 36.4 Å². The number of Topliss-reactive ketones (excluding diaryl/α,β-unsaturated/α-hetero) is 1. The number of rotatable bonds is 4. The highest BCUT2D eigenvalue weighted by Crippen LogP contribution is 2.43. The van der Waals surface area contributed by atoms with Crippen molar-refractivity contribution in [3.8, 4) is 0 Å². The Balaban J connectivity index is 2.00. The molecule has 1 aliphatic carbocycles. The second-order valence-corrected chi connectivity index (χ2v) is 7.69. The van der Waals surface area contributed by atoms with Gasteiger partial charge in [0.2, 0.25) is 0 Å². The molecule has 0 saturated heterocycles. The fourth-order valence-corrected chi connectivity index (χ4v) is 3.41. The summed E-state index contributed by atoms with van der Waals surface area (Å²) in [6, 6.07) is 7.79. The van der Waals surface area contributed by atoms with Crippen LogP contribution in [0.15, 0.2) is 60.2 Å². The first-order valence-electron chi connectivity index (χ1n) is 9.25. The summed E-state index contributed by atoms with van der Waals surface area (Å²) in [6.07, 6.45) is 13.8. The first-order chi connectivity index (χ1) is 12.5. The molecule has 0 aromatic carbocycles. The van der Waals surface area contributed by atoms with Crippen molar-refractivity contribution >= 4 is 17.9 Å². The minimum atomic E-state index is 0.154. The zero-order valence-electron chi connectivity index (χ0n) is 15.8. The minimum absolute atomic E-state index is 0.154. The molecular formula is C23H26N2O. The standard InChI is InChI=1S/C23H26N2O/c1-4-23(2,3)21-13-19(11-17-7-5-9-24-15-17)22(26)20(14-21)12-18-8-6-10-25-16-18/h5-12,15-16,21H,4,13-14H2,1-3H3/b19-11-,20-12+. The number of pyridine rings is 2. The largest absolute Gasteiger partial charge is 0.289 e. The maximum Gasteiger partial charge on any atom is 0.185 e. The Bertz CT molecular complexity index is 758. The van der Waals surface area contributed by atoms with E-state index in [4.69, 9.17) is 0 Å². The van der Waals surface area contributed by atoms with Gasteiger partial charge in [0, 0.05) is 35.9 Å². The summed E-state index contributed by atoms with van der Waals surface area (Å²) >= 11 is 0. The molecule has 2 heterocycles. The van der Waals surface area contributed by atoms with E-state index in [2.05, 4.69) is 30.7 Å². The summed E-state index contributed by atoms with van der Waals surface area (Å²) in [5.41, 5.74) is 3.90. The van der Waals surface area contributed by atoms with Crippen molar-refractivity contribution in [2.45, 2.75) is 40.0 Å². The molecule has 1 aliphatic rings. The Kier molecular flexibility index (Phi) is 5.46. The summed E-state index contributed by atoms with van der Waals surface area (Å²) in [6.45, 7) is 6.83. The van der Waals surface area contributed by atoms with Crippen LogP contribution in [-0.2, 0) is 4.79 Å². The van der Waals surface area contributed by atoms with E-state index in [1.165, 1.54) is 0 Å². The topological polar surface area (TPSA) is 42.9 Å². The third-order valence-corrected chi connectivity index (χ3v) is 5.58. The van der Waals surface area contributed by atoms with Crippen LogP contribution < -0.4 is 0 Å². The molecule has 3 nitrogen and oxygen atoms in total. The summed E-state index contributed by atoms with van der Waals surface area (Å²) in [5, 5.41) is 0. The van der Waals surface area contributed by atoms with E-state index in [0.29, 0.717) is 5.92 Å². The van der Waals surface area contributed by atoms with Gasteiger partial charge >= 0.3 is 0 Å². The molecule has 134 valence electrons. The molecule has 1 saturated carbocycles. The van der Waals surface area contributed by atoms with Crippen molar-refractivity contribution in [2.24, 2.45) is 11.3 Å². The van der Waals surface area contributed by atoms with Gasteiger partial charge in [0.1, 0.15) is 0 Å². The summed E-state index contributed by atoms with van der Waals surface area (Å²) < 4.78 is 0. The van der Waals surface area contributed by atoms with E-state index in [1.54, 1.807) is 24.8 Å². The SMILES string of the molecule is CCC(C)(C)C1C/C(=C/c2cccnc2)C(=O)/C(=C/c2cccnc2)C1. The minimum Gasteiger partial charge on any atom is -0.289 e. The van der Waals surface area contributed by atoms with Crippen LogP contribution in [0.5, 0.6) is 0 Å². The van der Waals surface area contributed by atoms with Crippen molar-refractivity contribution in [3.63, 3.8) is 0 Å². The van der Waals surface area contributed by atoms with Gasteiger partial charge in [0.25, 0.3) is 0 Å². The number of ketones is 1. The third-order valence-electron chi connectivity index (χ3n) is 5.58. The lowest BCUT2D eigenvalue weighted by molar-refractivity contribution is -0.113. The van der Waals surface area contributed by atoms with E-state index < -0.39 is 0 Å². The average molecular weight is 346 g/mol. The Labute approximate surface area is 155 Å². The molecule has 26 heavy (non-hydrogen) atoms. The van der Waals surface area contributed by atoms with E-state index in [-0.39, 0.29) is 11.2 Å². The maximum absolute atomic E-state index is 13.1. The molecule has 1 unspecified atom stereocenters. The van der Waals surface area contributed by atoms with Gasteiger partial charge in [-0.1, -0.05) is 39.3 Å². The Morgan fingerprint density at radius 2 is 1.50 bits per heavy atom. The highest BCUT2D eigenvalue weighted by molar-refractivity contribution is 6.14. The fourth-order valence-electron chi connectivity index (χ4n) is 3.41. The highest BCUT2D eigenvalue weighted by atomic mass is 16.1. The van der Waals surface area contributed by atoms with Gasteiger partial charge in [-0.25, -0.2) is 0 Å². The lowest BCUT2D eigenvalue weighted by atomic mass is 9.66. The molecule has 0 aliphatic heterocycles. The number of hydrogen-bond donors (Lipinski definition) is 0. The van der Waals surface area contributed by atoms with Crippen molar-refractivity contribution in [1.82, 2.24) is 9.97 Å². The number of nitrogens with zero attached hydrogens (tertiary/aromatic N) is 2. The lowest BCUT2D eigenvalue weighted by Gasteiger charge is -2.37. The van der Waals surface area contributed by atoms with Gasteiger partial charge in [-0.3, -0.25) is 14.8 Å². The fraction of sp³-hybridized carbons (Fsp3) is 0.348. The Morgan fingerprint density at radius 3 is 1.88 bits per heavy atom. The van der Waals surface area contributed by atoms with Crippen molar-refractivity contribution in [3.05, 3.63) is 71.3 Å². The second-order valence-electron chi connectivity index (χ2n) is 7.69. The first kappa shape index (κ1) is 18.2. The van der Waals surface area contributed by atoms with Gasteiger partial charge in [-0.2, -0.15) is 0 Å². The van der Waals surface area contributed by atoms with Gasteiger partial charge in [-0.15, -0.1) is 0 Å². The molecule has 0 amide bonds. The van der Waals surface area contributed by atoms with Crippen LogP contribution in [0.2, 0.25) is 0 Å². The molecule has 0 bridgehead atoms. The van der Waals surface area contributed by atoms with Crippen LogP contribution in [0.1, 0.15) is 51.2 Å². The zero-order chi connectivity index (χ0) is 18.6. The second kappa shape index (κ2) is 7.77. The quantitative estimate of drug-likeness (QED) is 0.700. The van der Waals surface area contributed by atoms with Crippen molar-refractivity contribution < 1.29 is 4.79 Å². The zero-order valence-corrected chi connectivity index (χ0v) is 15.8. The van der Waals surface area contributed by atoms with Crippen LogP contribution in [0.4, 0.5) is 0 Å².